The lowest BCUT2D eigenvalue weighted by molar-refractivity contribution is -0.193. The second-order valence-electron chi connectivity index (χ2n) is 32.4. The lowest BCUT2D eigenvalue weighted by Gasteiger charge is -2.24. The van der Waals surface area contributed by atoms with Crippen LogP contribution in [0.3, 0.4) is 0 Å². The monoisotopic (exact) mass is 1920 g/mol. The molecule has 0 aliphatic carbocycles. The number of unbranched alkanes of at least 4 members (excludes halogenated alkanes) is 1. The van der Waals surface area contributed by atoms with Crippen molar-refractivity contribution < 1.29 is 96.5 Å². The zero-order valence-corrected chi connectivity index (χ0v) is 77.0. The summed E-state index contributed by atoms with van der Waals surface area (Å²) in [5.74, 6) is -11.9. The van der Waals surface area contributed by atoms with E-state index in [1.807, 2.05) is 72.5 Å². The molecule has 6 heterocycles. The highest BCUT2D eigenvalue weighted by Gasteiger charge is 2.41. The molecule has 0 saturated carbocycles. The van der Waals surface area contributed by atoms with Gasteiger partial charge in [0.15, 0.2) is 16.9 Å². The Morgan fingerprint density at radius 1 is 0.686 bits per heavy atom. The number of imide groups is 1. The van der Waals surface area contributed by atoms with Crippen molar-refractivity contribution in [2.75, 3.05) is 59.6 Å². The van der Waals surface area contributed by atoms with Crippen molar-refractivity contribution in [1.29, 1.82) is 5.41 Å². The Balaban J connectivity index is 0.000000373. The second kappa shape index (κ2) is 49.7. The van der Waals surface area contributed by atoms with E-state index in [0.717, 1.165) is 66.2 Å². The number of aromatic amines is 3. The maximum Gasteiger partial charge on any atom is 0.373 e. The lowest BCUT2D eigenvalue weighted by atomic mass is 9.93. The molecule has 1 fully saturated rings. The summed E-state index contributed by atoms with van der Waals surface area (Å²) in [5.41, 5.74) is 23.3. The molecule has 7 atom stereocenters. The van der Waals surface area contributed by atoms with E-state index < -0.39 is 124 Å². The van der Waals surface area contributed by atoms with Crippen LogP contribution in [0.1, 0.15) is 167 Å². The summed E-state index contributed by atoms with van der Waals surface area (Å²) in [5, 5.41) is 56.0. The Labute approximate surface area is 790 Å². The second-order valence-corrected chi connectivity index (χ2v) is 33.9. The molecule has 4 aromatic heterocycles. The van der Waals surface area contributed by atoms with Gasteiger partial charge in [-0.2, -0.15) is 29.3 Å². The fourth-order valence-electron chi connectivity index (χ4n) is 14.9. The number of aliphatic carboxylic acids is 2. The quantitative estimate of drug-likeness (QED) is 0.00500. The molecule has 0 radical (unpaired) electrons. The number of aromatic nitrogens is 6. The van der Waals surface area contributed by atoms with Gasteiger partial charge in [0.05, 0.1) is 53.6 Å². The average Bonchev–Trinajstić information content (AvgIpc) is 1.53. The molecule has 11 amide bonds. The number of hydrogen-bond donors (Lipinski definition) is 17. The van der Waals surface area contributed by atoms with Crippen LogP contribution < -0.4 is 69.9 Å². The third-order valence-corrected chi connectivity index (χ3v) is 23.8. The van der Waals surface area contributed by atoms with E-state index >= 15 is 0 Å². The average molecular weight is 1920 g/mol. The molecule has 10 aromatic rings. The topological polar surface area (TPSA) is 654 Å². The molecule has 2 aliphatic rings. The Morgan fingerprint density at radius 3 is 1.99 bits per heavy atom. The molecule has 0 bridgehead atoms. The Bertz CT molecular complexity index is 6400. The number of ketones is 1. The number of carbonyl (C=O) groups is 14. The van der Waals surface area contributed by atoms with Gasteiger partial charge >= 0.3 is 24.2 Å². The van der Waals surface area contributed by atoms with Crippen LogP contribution in [0.5, 0.6) is 0 Å². The number of nitrogen functional groups attached to an aromatic ring is 1. The van der Waals surface area contributed by atoms with Gasteiger partial charge in [0, 0.05) is 126 Å². The van der Waals surface area contributed by atoms with Crippen molar-refractivity contribution in [2.24, 2.45) is 22.7 Å². The number of halogens is 1. The molecule has 19 N–H and O–H groups in total. The number of amides is 11. The van der Waals surface area contributed by atoms with E-state index in [2.05, 4.69) is 108 Å². The molecule has 42 nitrogen and oxygen atoms in total. The number of carbonyl (C=O) groups excluding carboxylic acids is 16. The number of fused-ring (bicyclic) bond motifs is 6. The minimum absolute atomic E-state index is 0.0256. The first-order valence-electron chi connectivity index (χ1n) is 43.0. The highest BCUT2D eigenvalue weighted by Crippen LogP contribution is 2.44. The third kappa shape index (κ3) is 29.0. The van der Waals surface area contributed by atoms with Gasteiger partial charge in [0.1, 0.15) is 29.5 Å². The van der Waals surface area contributed by atoms with Gasteiger partial charge in [-0.25, -0.2) is 15.4 Å². The smallest absolute Gasteiger partial charge is 0.373 e. The summed E-state index contributed by atoms with van der Waals surface area (Å²) in [6, 6.07) is 33.2. The third-order valence-electron chi connectivity index (χ3n) is 22.0. The molecule has 0 spiro atoms. The number of Topliss-reactive ketones (excluding diaryl/α,β-unsaturated/α-hetero) is 1. The van der Waals surface area contributed by atoms with Crippen molar-refractivity contribution in [3.63, 3.8) is 0 Å². The Hall–Kier alpha value is -16.0. The zero-order chi connectivity index (χ0) is 100. The van der Waals surface area contributed by atoms with Gasteiger partial charge in [-0.15, -0.1) is 23.4 Å². The van der Waals surface area contributed by atoms with E-state index in [-0.39, 0.29) is 135 Å². The number of amidine groups is 1. The Morgan fingerprint density at radius 2 is 1.32 bits per heavy atom. The first-order valence-corrected chi connectivity index (χ1v) is 44.6. The number of hydrogen-bond acceptors (Lipinski definition) is 27. The van der Waals surface area contributed by atoms with Crippen LogP contribution in [-0.2, 0) is 73.7 Å². The molecular formula is C93H102ClN21O21S. The highest BCUT2D eigenvalue weighted by atomic mass is 35.5. The maximum atomic E-state index is 13.8. The van der Waals surface area contributed by atoms with Crippen molar-refractivity contribution >= 4 is 197 Å². The van der Waals surface area contributed by atoms with Crippen molar-refractivity contribution in [2.45, 2.75) is 148 Å². The maximum absolute atomic E-state index is 13.8. The SMILES string of the molecule is CNC(=O)[C@@H](NC(=O)c1ccc(/C(C)=N\NC(=O)CCN2C(=O)CC(SCC(CC(=O)[C@@H](CC(=O)O)NC(=O)[C@@H](CCCCC(=N)N)NC(=O)[C@H](C)NC(=O)CCCNC(=O)c3ccc(NCc4cnc5nc(N)[nH]c(=O)c5n4)cc3)C(=O)O)C2=O)cc1)C(C)C.Cc1ccc2[nH]c(C(=O)Nc3ccc4[nH]c(C(=O)N5CC(CCl)c6c5cc(C)c5ccccc65)cc4c3)cc2c1.O=C=O.O=C=O. The van der Waals surface area contributed by atoms with Crippen LogP contribution in [-0.4, -0.2) is 219 Å². The summed E-state index contributed by atoms with van der Waals surface area (Å²) in [7, 11) is 1.47. The fourth-order valence-corrected chi connectivity index (χ4v) is 16.4. The predicted octanol–water partition coefficient (Wildman–Crippen LogP) is 6.30. The number of aryl methyl sites for hydroxylation is 2. The predicted molar refractivity (Wildman–Crippen MR) is 505 cm³/mol. The first kappa shape index (κ1) is 105. The van der Waals surface area contributed by atoms with Gasteiger partial charge in [-0.1, -0.05) is 68.3 Å². The summed E-state index contributed by atoms with van der Waals surface area (Å²) < 4.78 is 0. The number of rotatable bonds is 40. The number of H-pyrrole nitrogens is 3. The van der Waals surface area contributed by atoms with Gasteiger partial charge in [0.25, 0.3) is 29.2 Å². The van der Waals surface area contributed by atoms with Crippen LogP contribution in [0.4, 0.5) is 23.0 Å². The summed E-state index contributed by atoms with van der Waals surface area (Å²) in [6.07, 6.45) is -0.0110. The number of nitrogens with zero attached hydrogens (tertiary/aromatic N) is 6. The van der Waals surface area contributed by atoms with E-state index in [1.165, 1.54) is 37.7 Å². The standard InChI is InChI=1S/C58H75N17O15S.C33H27ClN4O2.2CO2/c1-29(2)47(54(86)62-5)70-52(84)34-14-12-32(13-15-34)30(3)73-74-44(78)20-22-75-45(79)25-41(56(75)88)91-28-35(57(89)90)23-40(76)39(24-46(80)81)69-53(85)38(9-6-7-10-42(59)60)68-50(82)31(4)66-43(77)11-8-21-63-51(83)33-16-18-36(19-17-33)64-26-37-27-65-49-48(67-37)55(87)72-58(61)71-49;1-18-7-9-26-20(11-18)14-28(36-26)32(39)35-23-8-10-27-21(13-23)15-29(37-27)33(40)38-17-22(16-34)31-25-6-4-3-5-24(25)19(2)12-30(31)38;2*2-1-3/h12-19,27,29,31,35,38-39,41,47,64H,6-11,20-26,28H2,1-5H3,(H3,59,60)(H,62,86)(H,63,83)(H,66,77)(H,68,82)(H,69,85)(H,70,84)(H,74,78)(H,80,81)(H,89,90)(H3,61,65,71,72,87);3-15,22,36-37H,16-17H2,1-2H3,(H,35,39);;/b73-30-;;;/t31-,35?,38+,39+,41?,47-;;;/m0.../s1. The number of hydrazone groups is 1. The minimum atomic E-state index is -1.80. The number of carboxylic acids is 2. The Kier molecular flexibility index (Phi) is 37.9. The number of thioether (sulfide) groups is 1. The van der Waals surface area contributed by atoms with Gasteiger partial charge in [0.2, 0.25) is 47.3 Å². The normalized spacial score (nSPS) is 14.2. The van der Waals surface area contributed by atoms with E-state index in [0.29, 0.717) is 64.1 Å². The van der Waals surface area contributed by atoms with Crippen LogP contribution >= 0.6 is 23.4 Å². The highest BCUT2D eigenvalue weighted by molar-refractivity contribution is 8.00. The van der Waals surface area contributed by atoms with Gasteiger partial charge in [-0.3, -0.25) is 87.2 Å². The van der Waals surface area contributed by atoms with Gasteiger partial charge in [-0.05, 0) is 165 Å². The number of nitrogens with one attached hydrogen (secondary N) is 13. The summed E-state index contributed by atoms with van der Waals surface area (Å²) in [4.78, 5) is 251. The molecule has 6 aromatic carbocycles. The lowest BCUT2D eigenvalue weighted by Crippen LogP contribution is -2.55. The number of benzene rings is 6. The summed E-state index contributed by atoms with van der Waals surface area (Å²) >= 11 is 7.17. The largest absolute Gasteiger partial charge is 0.481 e. The number of nitrogens with two attached hydrogens (primary N) is 2. The molecule has 718 valence electrons. The first-order chi connectivity index (χ1) is 65.3. The number of likely N-dealkylation sites (N-methyl/N-ethyl adjacent to an activating group) is 1. The van der Waals surface area contributed by atoms with Gasteiger partial charge < -0.3 is 79.1 Å². The van der Waals surface area contributed by atoms with E-state index in [9.17, 15) is 82.1 Å². The van der Waals surface area contributed by atoms with Crippen LogP contribution in [0.25, 0.3) is 43.7 Å². The van der Waals surface area contributed by atoms with Crippen LogP contribution in [0.15, 0.2) is 143 Å². The number of anilines is 4. The summed E-state index contributed by atoms with van der Waals surface area (Å²) in [6.45, 7) is 11.1. The van der Waals surface area contributed by atoms with Crippen molar-refractivity contribution in [3.8, 4) is 0 Å². The van der Waals surface area contributed by atoms with Crippen LogP contribution in [0.2, 0.25) is 0 Å². The molecule has 1 saturated heterocycles. The van der Waals surface area contributed by atoms with E-state index in [1.54, 1.807) is 57.2 Å². The molecular weight excluding hydrogens is 1810 g/mol. The van der Waals surface area contributed by atoms with Crippen molar-refractivity contribution in [1.82, 2.24) is 72.1 Å². The van der Waals surface area contributed by atoms with Crippen molar-refractivity contribution in [3.05, 3.63) is 194 Å². The molecule has 2 aliphatic heterocycles. The molecule has 12 rings (SSSR count). The fraction of sp³-hybridized carbons (Fsp3) is 0.333. The van der Waals surface area contributed by atoms with E-state index in [4.69, 9.17) is 47.7 Å². The number of carboxylic acid groups (broad SMARTS) is 2. The number of alkyl halides is 1. The molecule has 3 unspecified atom stereocenters. The van der Waals surface area contributed by atoms with Crippen LogP contribution in [0, 0.1) is 31.1 Å². The number of likely N-dealkylation sites (tertiary alicyclic amines) is 1. The molecule has 44 heteroatoms. The minimum Gasteiger partial charge on any atom is -0.481 e. The molecule has 137 heavy (non-hydrogen) atoms. The zero-order valence-electron chi connectivity index (χ0n) is 75.4.